The third-order valence-corrected chi connectivity index (χ3v) is 1.40. The van der Waals surface area contributed by atoms with Crippen molar-refractivity contribution in [3.8, 4) is 0 Å². The number of carbonyl (C=O) groups is 2. The van der Waals surface area contributed by atoms with Gasteiger partial charge >= 0.3 is 71.1 Å². The molecule has 0 saturated heterocycles. The Labute approximate surface area is 153 Å². The Kier molecular flexibility index (Phi) is 18.6. The number of carboxylic acids is 2. The summed E-state index contributed by atoms with van der Waals surface area (Å²) >= 11 is 0. The van der Waals surface area contributed by atoms with Gasteiger partial charge in [0.15, 0.2) is 0 Å². The van der Waals surface area contributed by atoms with E-state index in [1.54, 1.807) is 0 Å². The second kappa shape index (κ2) is 14.7. The van der Waals surface area contributed by atoms with Crippen LogP contribution in [0.5, 0.6) is 0 Å². The molecule has 0 aliphatic rings. The molecule has 1 aromatic carbocycles. The fraction of sp³-hybridized carbons (Fsp3) is 0. The van der Waals surface area contributed by atoms with Crippen molar-refractivity contribution in [1.82, 2.24) is 0 Å². The van der Waals surface area contributed by atoms with E-state index in [9.17, 15) is 9.59 Å². The summed E-state index contributed by atoms with van der Waals surface area (Å²) < 4.78 is 0. The van der Waals surface area contributed by atoms with Crippen LogP contribution in [-0.4, -0.2) is 22.2 Å². The quantitative estimate of drug-likeness (QED) is 0.437. The van der Waals surface area contributed by atoms with Crippen LogP contribution >= 0.6 is 0 Å². The molecule has 0 bridgehead atoms. The van der Waals surface area contributed by atoms with E-state index in [1.807, 2.05) is 36.4 Å². The van der Waals surface area contributed by atoms with E-state index in [1.165, 1.54) is 5.56 Å². The summed E-state index contributed by atoms with van der Waals surface area (Å²) in [5, 5.41) is 15.6. The van der Waals surface area contributed by atoms with Gasteiger partial charge in [-0.05, 0) is 5.56 Å². The molecule has 0 aromatic heterocycles. The van der Waals surface area contributed by atoms with Crippen molar-refractivity contribution in [3.63, 3.8) is 0 Å². The van der Waals surface area contributed by atoms with Crippen LogP contribution in [0, 0.1) is 0 Å². The summed E-state index contributed by atoms with van der Waals surface area (Å²) in [6.45, 7) is 3.63. The van der Waals surface area contributed by atoms with Gasteiger partial charge in [-0.1, -0.05) is 43.0 Å². The van der Waals surface area contributed by atoms with Crippen LogP contribution in [-0.2, 0) is 9.59 Å². The summed E-state index contributed by atoms with van der Waals surface area (Å²) in [6, 6.07) is 10.0. The van der Waals surface area contributed by atoms with Crippen molar-refractivity contribution in [2.75, 3.05) is 0 Å². The van der Waals surface area contributed by atoms with Gasteiger partial charge in [0.2, 0.25) is 0 Å². The van der Waals surface area contributed by atoms with E-state index in [-0.39, 0.29) is 62.0 Å². The van der Waals surface area contributed by atoms with Crippen molar-refractivity contribution in [2.45, 2.75) is 0 Å². The van der Waals surface area contributed by atoms with Crippen LogP contribution in [0.1, 0.15) is 8.42 Å². The summed E-state index contributed by atoms with van der Waals surface area (Å²) in [6.07, 6.45) is 2.95. The van der Waals surface area contributed by atoms with Crippen LogP contribution in [0.15, 0.2) is 49.1 Å². The molecular weight excluding hydrogens is 254 g/mol. The second-order valence-corrected chi connectivity index (χ2v) is 2.62. The molecule has 0 saturated carbocycles. The Bertz CT molecular complexity index is 382. The van der Waals surface area contributed by atoms with Crippen LogP contribution in [0.25, 0.3) is 6.08 Å². The monoisotopic (exact) mass is 268 g/mol. The maximum atomic E-state index is 9.55. The zero-order valence-electron chi connectivity index (χ0n) is 12.5. The summed E-state index contributed by atoms with van der Waals surface area (Å²) in [4.78, 5) is 19.1. The van der Waals surface area contributed by atoms with Crippen LogP contribution in [0.4, 0.5) is 0 Å². The van der Waals surface area contributed by atoms with E-state index < -0.39 is 11.9 Å². The zero-order chi connectivity index (χ0) is 12.4. The minimum Gasteiger partial charge on any atom is -1.00 e. The van der Waals surface area contributed by atoms with Gasteiger partial charge in [-0.15, -0.1) is 0 Å². The molecule has 2 N–H and O–H groups in total. The van der Waals surface area contributed by atoms with Crippen LogP contribution in [0.2, 0.25) is 0 Å². The molecule has 0 aliphatic carbocycles. The molecule has 6 heteroatoms. The molecule has 0 atom stereocenters. The van der Waals surface area contributed by atoms with Gasteiger partial charge in [0.1, 0.15) is 0 Å². The predicted molar refractivity (Wildman–Crippen MR) is 63.2 cm³/mol. The number of carboxylic acid groups (broad SMARTS) is 2. The first-order chi connectivity index (χ1) is 7.56. The molecule has 0 fully saturated rings. The number of rotatable bonds is 3. The Morgan fingerprint density at radius 1 is 1.00 bits per heavy atom. The van der Waals surface area contributed by atoms with Gasteiger partial charge in [0, 0.05) is 12.2 Å². The summed E-state index contributed by atoms with van der Waals surface area (Å²) in [7, 11) is 0. The first-order valence-corrected chi connectivity index (χ1v) is 4.37. The fourth-order valence-electron chi connectivity index (χ4n) is 0.732. The van der Waals surface area contributed by atoms with Crippen molar-refractivity contribution < 1.29 is 81.8 Å². The molecule has 0 spiro atoms. The first kappa shape index (κ1) is 22.8. The van der Waals surface area contributed by atoms with Gasteiger partial charge in [0.25, 0.3) is 0 Å². The molecular formula is C12H14Na2O4. The van der Waals surface area contributed by atoms with E-state index in [0.717, 1.165) is 0 Å². The van der Waals surface area contributed by atoms with Crippen molar-refractivity contribution in [1.29, 1.82) is 0 Å². The average Bonchev–Trinajstić information content (AvgIpc) is 2.28. The normalized spacial score (nSPS) is 8.00. The number of hydrogen-bond acceptors (Lipinski definition) is 2. The Morgan fingerprint density at radius 3 is 1.61 bits per heavy atom. The zero-order valence-corrected chi connectivity index (χ0v) is 14.5. The van der Waals surface area contributed by atoms with Gasteiger partial charge in [-0.3, -0.25) is 0 Å². The molecule has 18 heavy (non-hydrogen) atoms. The maximum absolute atomic E-state index is 9.55. The molecule has 0 heterocycles. The van der Waals surface area contributed by atoms with Gasteiger partial charge in [-0.2, -0.15) is 0 Å². The number of aliphatic carboxylic acids is 2. The van der Waals surface area contributed by atoms with Gasteiger partial charge in [0.05, 0.1) is 0 Å². The molecule has 0 aliphatic heterocycles. The maximum Gasteiger partial charge on any atom is 1.00 e. The van der Waals surface area contributed by atoms with Crippen molar-refractivity contribution >= 4 is 18.0 Å². The molecule has 0 amide bonds. The summed E-state index contributed by atoms with van der Waals surface area (Å²) in [5.41, 5.74) is 1.17. The Balaban J connectivity index is -0.0000000625. The van der Waals surface area contributed by atoms with Crippen LogP contribution < -0.4 is 59.1 Å². The Morgan fingerprint density at radius 2 is 1.39 bits per heavy atom. The SMILES string of the molecule is C=Cc1ccccc1.O=C(O)/C=C/C(=O)O.[H-].[H-].[Na+].[Na+]. The smallest absolute Gasteiger partial charge is 1.00 e. The minimum absolute atomic E-state index is 0. The van der Waals surface area contributed by atoms with E-state index in [2.05, 4.69) is 6.58 Å². The fourth-order valence-corrected chi connectivity index (χ4v) is 0.732. The van der Waals surface area contributed by atoms with E-state index in [0.29, 0.717) is 12.2 Å². The average molecular weight is 268 g/mol. The first-order valence-electron chi connectivity index (χ1n) is 4.37. The third kappa shape index (κ3) is 15.6. The van der Waals surface area contributed by atoms with Gasteiger partial charge < -0.3 is 13.1 Å². The van der Waals surface area contributed by atoms with Gasteiger partial charge in [-0.25, -0.2) is 9.59 Å². The van der Waals surface area contributed by atoms with Crippen LogP contribution in [0.3, 0.4) is 0 Å². The third-order valence-electron chi connectivity index (χ3n) is 1.40. The molecule has 88 valence electrons. The van der Waals surface area contributed by atoms with E-state index in [4.69, 9.17) is 10.2 Å². The molecule has 1 aromatic rings. The number of hydrogen-bond donors (Lipinski definition) is 2. The van der Waals surface area contributed by atoms with E-state index >= 15 is 0 Å². The molecule has 4 nitrogen and oxygen atoms in total. The molecule has 1 rings (SSSR count). The largest absolute Gasteiger partial charge is 1.00 e. The van der Waals surface area contributed by atoms with Crippen molar-refractivity contribution in [2.24, 2.45) is 0 Å². The standard InChI is InChI=1S/C8H8.C4H4O4.2Na.2H/c1-2-8-6-4-3-5-7-8;5-3(6)1-2-4(7)8;;;;/h2-7H,1H2;1-2H,(H,5,6)(H,7,8);;;;/q;;2*+1;2*-1/b;2-1+;;;;. The predicted octanol–water partition coefficient (Wildman–Crippen LogP) is -3.73. The molecule has 0 unspecified atom stereocenters. The summed E-state index contributed by atoms with van der Waals surface area (Å²) in [5.74, 6) is -2.51. The topological polar surface area (TPSA) is 74.6 Å². The number of benzene rings is 1. The Hall–Kier alpha value is -0.360. The minimum atomic E-state index is -1.26. The second-order valence-electron chi connectivity index (χ2n) is 2.62. The molecule has 0 radical (unpaired) electrons. The van der Waals surface area contributed by atoms with Crippen molar-refractivity contribution in [3.05, 3.63) is 54.6 Å².